The van der Waals surface area contributed by atoms with E-state index in [0.717, 1.165) is 16.4 Å². The van der Waals surface area contributed by atoms with Gasteiger partial charge in [0.25, 0.3) is 0 Å². The third kappa shape index (κ3) is 0.929. The van der Waals surface area contributed by atoms with Gasteiger partial charge in [-0.1, -0.05) is 12.1 Å². The van der Waals surface area contributed by atoms with Gasteiger partial charge in [-0.05, 0) is 18.6 Å². The Bertz CT molecular complexity index is 318. The summed E-state index contributed by atoms with van der Waals surface area (Å²) < 4.78 is 1.24. The van der Waals surface area contributed by atoms with E-state index >= 15 is 0 Å². The molecule has 0 aromatic heterocycles. The van der Waals surface area contributed by atoms with E-state index in [1.165, 1.54) is 4.53 Å². The lowest BCUT2D eigenvalue weighted by Crippen LogP contribution is -2.37. The predicted molar refractivity (Wildman–Crippen MR) is 46.9 cm³/mol. The Hall–Kier alpha value is -0.970. The molecular formula is C7H8ClN3O. The van der Waals surface area contributed by atoms with Crippen molar-refractivity contribution in [3.8, 4) is 0 Å². The maximum absolute atomic E-state index is 9.33. The van der Waals surface area contributed by atoms with Gasteiger partial charge in [0.05, 0.1) is 0 Å². The van der Waals surface area contributed by atoms with Gasteiger partial charge in [-0.25, -0.2) is 0 Å². The number of anilines is 2. The first-order valence-corrected chi connectivity index (χ1v) is 3.85. The van der Waals surface area contributed by atoms with Gasteiger partial charge in [-0.3, -0.25) is 5.21 Å². The largest absolute Gasteiger partial charge is 0.271 e. The molecule has 4 nitrogen and oxygen atoms in total. The second kappa shape index (κ2) is 2.52. The average molecular weight is 186 g/mol. The summed E-state index contributed by atoms with van der Waals surface area (Å²) in [5, 5.41) is 10.2. The quantitative estimate of drug-likeness (QED) is 0.602. The summed E-state index contributed by atoms with van der Waals surface area (Å²) in [6.45, 7) is 1.90. The van der Waals surface area contributed by atoms with Crippen LogP contribution in [0.2, 0.25) is 0 Å². The zero-order valence-corrected chi connectivity index (χ0v) is 7.21. The van der Waals surface area contributed by atoms with E-state index < -0.39 is 0 Å². The summed E-state index contributed by atoms with van der Waals surface area (Å²) in [6.07, 6.45) is 0. The molecule has 1 aromatic rings. The van der Waals surface area contributed by atoms with Crippen molar-refractivity contribution in [3.05, 3.63) is 23.8 Å². The van der Waals surface area contributed by atoms with E-state index in [2.05, 4.69) is 5.53 Å². The highest BCUT2D eigenvalue weighted by molar-refractivity contribution is 6.26. The molecular weight excluding hydrogens is 178 g/mol. The fourth-order valence-corrected chi connectivity index (χ4v) is 1.47. The molecule has 0 radical (unpaired) electrons. The van der Waals surface area contributed by atoms with Crippen LogP contribution in [-0.4, -0.2) is 5.21 Å². The lowest BCUT2D eigenvalue weighted by atomic mass is 10.2. The lowest BCUT2D eigenvalue weighted by Gasteiger charge is -2.09. The molecule has 1 heterocycles. The van der Waals surface area contributed by atoms with Crippen LogP contribution in [-0.2, 0) is 0 Å². The molecule has 0 aliphatic carbocycles. The van der Waals surface area contributed by atoms with Gasteiger partial charge in [0, 0.05) is 11.8 Å². The van der Waals surface area contributed by atoms with Crippen molar-refractivity contribution in [1.82, 2.24) is 5.53 Å². The topological polar surface area (TPSA) is 38.7 Å². The van der Waals surface area contributed by atoms with Gasteiger partial charge in [0.15, 0.2) is 0 Å². The van der Waals surface area contributed by atoms with E-state index in [0.29, 0.717) is 5.69 Å². The molecule has 0 bridgehead atoms. The van der Waals surface area contributed by atoms with Crippen molar-refractivity contribution in [3.63, 3.8) is 0 Å². The van der Waals surface area contributed by atoms with Crippen LogP contribution in [0.5, 0.6) is 0 Å². The molecule has 1 aliphatic rings. The number of hydrogen-bond acceptors (Lipinski definition) is 4. The molecule has 2 N–H and O–H groups in total. The van der Waals surface area contributed by atoms with Crippen molar-refractivity contribution in [1.29, 1.82) is 0 Å². The third-order valence-electron chi connectivity index (χ3n) is 1.82. The Balaban J connectivity index is 2.59. The number of halogens is 1. The summed E-state index contributed by atoms with van der Waals surface area (Å²) >= 11 is 5.73. The maximum Gasteiger partial charge on any atom is 0.113 e. The van der Waals surface area contributed by atoms with Gasteiger partial charge in [0.1, 0.15) is 11.4 Å². The second-order valence-electron chi connectivity index (χ2n) is 2.64. The second-order valence-corrected chi connectivity index (χ2v) is 2.97. The van der Waals surface area contributed by atoms with Crippen molar-refractivity contribution >= 4 is 23.2 Å². The Morgan fingerprint density at radius 1 is 1.50 bits per heavy atom. The smallest absolute Gasteiger partial charge is 0.113 e. The Kier molecular flexibility index (Phi) is 1.61. The Morgan fingerprint density at radius 2 is 2.25 bits per heavy atom. The summed E-state index contributed by atoms with van der Waals surface area (Å²) in [5.41, 5.74) is 4.91. The highest BCUT2D eigenvalue weighted by atomic mass is 35.5. The number of nitrogens with one attached hydrogen (secondary N) is 1. The summed E-state index contributed by atoms with van der Waals surface area (Å²) in [5.74, 6) is 0. The number of aryl methyl sites for hydroxylation is 1. The third-order valence-corrected chi connectivity index (χ3v) is 2.08. The highest BCUT2D eigenvalue weighted by Crippen LogP contribution is 2.35. The van der Waals surface area contributed by atoms with E-state index in [4.69, 9.17) is 11.8 Å². The molecule has 1 aliphatic heterocycles. The van der Waals surface area contributed by atoms with Crippen molar-refractivity contribution in [2.75, 3.05) is 9.70 Å². The van der Waals surface area contributed by atoms with Gasteiger partial charge < -0.3 is 0 Å². The summed E-state index contributed by atoms with van der Waals surface area (Å²) in [7, 11) is 0. The molecule has 0 atom stereocenters. The number of fused-ring (bicyclic) bond motifs is 1. The zero-order chi connectivity index (χ0) is 8.72. The molecule has 12 heavy (non-hydrogen) atoms. The Morgan fingerprint density at radius 3 is 2.92 bits per heavy atom. The van der Waals surface area contributed by atoms with Crippen LogP contribution in [0, 0.1) is 6.92 Å². The van der Waals surface area contributed by atoms with Crippen molar-refractivity contribution in [2.45, 2.75) is 6.92 Å². The molecule has 0 saturated carbocycles. The van der Waals surface area contributed by atoms with Gasteiger partial charge in [-0.15, -0.1) is 5.53 Å². The average Bonchev–Trinajstić information content (AvgIpc) is 2.29. The van der Waals surface area contributed by atoms with E-state index in [-0.39, 0.29) is 0 Å². The minimum absolute atomic E-state index is 0.688. The standard InChI is InChI=1S/C7H8ClN3O/c1-5-3-2-4-6-7(5)11(12)9-10(6)8/h2-4,9,12H,1H3. The highest BCUT2D eigenvalue weighted by Gasteiger charge is 2.24. The minimum Gasteiger partial charge on any atom is -0.271 e. The van der Waals surface area contributed by atoms with E-state index in [1.54, 1.807) is 0 Å². The fraction of sp³-hybridized carbons (Fsp3) is 0.143. The first-order chi connectivity index (χ1) is 5.70. The number of rotatable bonds is 0. The van der Waals surface area contributed by atoms with Crippen LogP contribution in [0.3, 0.4) is 0 Å². The number of nitrogens with zero attached hydrogens (tertiary/aromatic N) is 2. The Labute approximate surface area is 75.0 Å². The first-order valence-electron chi connectivity index (χ1n) is 3.51. The van der Waals surface area contributed by atoms with Crippen LogP contribution >= 0.6 is 11.8 Å². The molecule has 2 rings (SSSR count). The number of hydrazine groups is 2. The molecule has 0 spiro atoms. The molecule has 64 valence electrons. The first kappa shape index (κ1) is 7.67. The SMILES string of the molecule is Cc1cccc2c1N(O)NN2Cl. The van der Waals surface area contributed by atoms with Crippen LogP contribution < -0.4 is 15.2 Å². The van der Waals surface area contributed by atoms with Gasteiger partial charge in [0.2, 0.25) is 0 Å². The van der Waals surface area contributed by atoms with Crippen molar-refractivity contribution in [2.24, 2.45) is 0 Å². The monoisotopic (exact) mass is 185 g/mol. The normalized spacial score (nSPS) is 15.2. The zero-order valence-electron chi connectivity index (χ0n) is 6.45. The molecule has 0 amide bonds. The molecule has 0 fully saturated rings. The summed E-state index contributed by atoms with van der Waals surface area (Å²) in [4.78, 5) is 0. The minimum atomic E-state index is 0.688. The number of hydrogen-bond donors (Lipinski definition) is 2. The number of para-hydroxylation sites is 1. The lowest BCUT2D eigenvalue weighted by molar-refractivity contribution is 0.224. The predicted octanol–water partition coefficient (Wildman–Crippen LogP) is 1.58. The van der Waals surface area contributed by atoms with Crippen LogP contribution in [0.1, 0.15) is 5.56 Å². The van der Waals surface area contributed by atoms with E-state index in [9.17, 15) is 5.21 Å². The molecule has 5 heteroatoms. The van der Waals surface area contributed by atoms with Crippen LogP contribution in [0.4, 0.5) is 11.4 Å². The van der Waals surface area contributed by atoms with Gasteiger partial charge in [-0.2, -0.15) is 9.70 Å². The summed E-state index contributed by atoms with van der Waals surface area (Å²) in [6, 6.07) is 5.60. The van der Waals surface area contributed by atoms with Gasteiger partial charge >= 0.3 is 0 Å². The maximum atomic E-state index is 9.33. The fourth-order valence-electron chi connectivity index (χ4n) is 1.26. The van der Waals surface area contributed by atoms with Crippen molar-refractivity contribution < 1.29 is 5.21 Å². The number of benzene rings is 1. The van der Waals surface area contributed by atoms with Crippen LogP contribution in [0.15, 0.2) is 18.2 Å². The van der Waals surface area contributed by atoms with E-state index in [1.807, 2.05) is 25.1 Å². The molecule has 1 aromatic carbocycles. The van der Waals surface area contributed by atoms with Crippen LogP contribution in [0.25, 0.3) is 0 Å². The molecule has 0 unspecified atom stereocenters. The molecule has 0 saturated heterocycles.